The topological polar surface area (TPSA) is 117 Å². The normalized spacial score (nSPS) is 11.0. The van der Waals surface area contributed by atoms with Crippen molar-refractivity contribution in [2.45, 2.75) is 32.9 Å². The van der Waals surface area contributed by atoms with E-state index in [1.54, 1.807) is 68.7 Å². The van der Waals surface area contributed by atoms with Crippen molar-refractivity contribution in [1.82, 2.24) is 10.8 Å². The molecule has 0 atom stereocenters. The third kappa shape index (κ3) is 6.05. The number of ether oxygens (including phenoxy) is 1. The lowest BCUT2D eigenvalue weighted by Crippen LogP contribution is -2.27. The van der Waals surface area contributed by atoms with Gasteiger partial charge in [-0.2, -0.15) is 0 Å². The molecule has 0 unspecified atom stereocenters. The average Bonchev–Trinajstić information content (AvgIpc) is 2.75. The largest absolute Gasteiger partial charge is 0.444 e. The highest BCUT2D eigenvalue weighted by Gasteiger charge is 2.16. The maximum absolute atomic E-state index is 12.5. The SMILES string of the molecule is CC(C)(C)OC(=O)Nc1ccc2cc(C(=O)NCc3ccc(C(=O)NO)cc3)ccc2c1. The van der Waals surface area contributed by atoms with Gasteiger partial charge < -0.3 is 10.1 Å². The van der Waals surface area contributed by atoms with Gasteiger partial charge in [-0.1, -0.05) is 24.3 Å². The Labute approximate surface area is 185 Å². The monoisotopic (exact) mass is 435 g/mol. The van der Waals surface area contributed by atoms with Gasteiger partial charge >= 0.3 is 6.09 Å². The van der Waals surface area contributed by atoms with E-state index in [0.717, 1.165) is 16.3 Å². The fourth-order valence-electron chi connectivity index (χ4n) is 3.01. The van der Waals surface area contributed by atoms with E-state index >= 15 is 0 Å². The second-order valence-corrected chi connectivity index (χ2v) is 8.22. The number of rotatable bonds is 5. The molecule has 0 spiro atoms. The summed E-state index contributed by atoms with van der Waals surface area (Å²) in [4.78, 5) is 35.8. The number of hydrogen-bond donors (Lipinski definition) is 4. The van der Waals surface area contributed by atoms with Crippen LogP contribution in [0, 0.1) is 0 Å². The summed E-state index contributed by atoms with van der Waals surface area (Å²) in [5.74, 6) is -0.832. The first-order valence-corrected chi connectivity index (χ1v) is 10.00. The Bertz CT molecular complexity index is 1150. The van der Waals surface area contributed by atoms with Crippen LogP contribution in [0.1, 0.15) is 47.1 Å². The number of anilines is 1. The van der Waals surface area contributed by atoms with E-state index in [1.165, 1.54) is 0 Å². The van der Waals surface area contributed by atoms with E-state index < -0.39 is 17.6 Å². The second-order valence-electron chi connectivity index (χ2n) is 8.22. The summed E-state index contributed by atoms with van der Waals surface area (Å²) in [7, 11) is 0. The van der Waals surface area contributed by atoms with Gasteiger partial charge in [0.2, 0.25) is 0 Å². The first-order chi connectivity index (χ1) is 15.1. The summed E-state index contributed by atoms with van der Waals surface area (Å²) in [6.45, 7) is 5.68. The molecule has 166 valence electrons. The molecule has 0 saturated carbocycles. The van der Waals surface area contributed by atoms with Crippen molar-refractivity contribution in [2.24, 2.45) is 0 Å². The first-order valence-electron chi connectivity index (χ1n) is 10.00. The Balaban J connectivity index is 1.64. The van der Waals surface area contributed by atoms with Crippen molar-refractivity contribution in [3.05, 3.63) is 77.4 Å². The molecule has 0 heterocycles. The molecule has 8 heteroatoms. The molecule has 8 nitrogen and oxygen atoms in total. The summed E-state index contributed by atoms with van der Waals surface area (Å²) in [6, 6.07) is 17.2. The van der Waals surface area contributed by atoms with Crippen LogP contribution in [0.25, 0.3) is 10.8 Å². The number of carbonyl (C=O) groups excluding carboxylic acids is 3. The zero-order valence-electron chi connectivity index (χ0n) is 18.1. The van der Waals surface area contributed by atoms with E-state index in [-0.39, 0.29) is 12.5 Å². The van der Waals surface area contributed by atoms with Crippen molar-refractivity contribution in [2.75, 3.05) is 5.32 Å². The number of hydroxylamine groups is 1. The number of fused-ring (bicyclic) bond motifs is 1. The lowest BCUT2D eigenvalue weighted by molar-refractivity contribution is 0.0635. The first kappa shape index (κ1) is 22.8. The maximum atomic E-state index is 12.5. The third-order valence-corrected chi connectivity index (χ3v) is 4.52. The molecular formula is C24H25N3O5. The lowest BCUT2D eigenvalue weighted by atomic mass is 10.1. The minimum atomic E-state index is -0.596. The van der Waals surface area contributed by atoms with Crippen LogP contribution in [-0.2, 0) is 11.3 Å². The molecule has 0 aromatic heterocycles. The van der Waals surface area contributed by atoms with Crippen LogP contribution in [0.5, 0.6) is 0 Å². The molecule has 0 aliphatic rings. The summed E-state index contributed by atoms with van der Waals surface area (Å²) in [6.07, 6.45) is -0.530. The Morgan fingerprint density at radius 3 is 2.12 bits per heavy atom. The van der Waals surface area contributed by atoms with Crippen LogP contribution >= 0.6 is 0 Å². The molecule has 32 heavy (non-hydrogen) atoms. The van der Waals surface area contributed by atoms with Gasteiger partial charge in [0.05, 0.1) is 0 Å². The second kappa shape index (κ2) is 9.49. The van der Waals surface area contributed by atoms with E-state index in [0.29, 0.717) is 16.8 Å². The van der Waals surface area contributed by atoms with E-state index in [4.69, 9.17) is 9.94 Å². The van der Waals surface area contributed by atoms with Crippen molar-refractivity contribution >= 4 is 34.4 Å². The zero-order chi connectivity index (χ0) is 23.3. The molecular weight excluding hydrogens is 410 g/mol. The molecule has 0 radical (unpaired) electrons. The van der Waals surface area contributed by atoms with E-state index in [1.807, 2.05) is 18.2 Å². The highest BCUT2D eigenvalue weighted by Crippen LogP contribution is 2.21. The predicted molar refractivity (Wildman–Crippen MR) is 121 cm³/mol. The van der Waals surface area contributed by atoms with Crippen LogP contribution < -0.4 is 16.1 Å². The van der Waals surface area contributed by atoms with Crippen molar-refractivity contribution in [3.8, 4) is 0 Å². The van der Waals surface area contributed by atoms with Gasteiger partial charge in [-0.3, -0.25) is 20.1 Å². The third-order valence-electron chi connectivity index (χ3n) is 4.52. The summed E-state index contributed by atoms with van der Waals surface area (Å²) in [5.41, 5.74) is 3.22. The molecule has 0 bridgehead atoms. The molecule has 3 rings (SSSR count). The minimum absolute atomic E-state index is 0.236. The van der Waals surface area contributed by atoms with Crippen LogP contribution in [0.4, 0.5) is 10.5 Å². The standard InChI is InChI=1S/C24H25N3O5/c1-24(2,3)32-23(30)26-20-11-10-17-12-19(9-8-18(17)13-20)21(28)25-14-15-4-6-16(7-5-15)22(29)27-31/h4-13,31H,14H2,1-3H3,(H,25,28)(H,26,30)(H,27,29). The van der Waals surface area contributed by atoms with Gasteiger partial charge in [0.15, 0.2) is 0 Å². The molecule has 0 aliphatic carbocycles. The number of benzene rings is 3. The van der Waals surface area contributed by atoms with Gasteiger partial charge in [0.25, 0.3) is 11.8 Å². The van der Waals surface area contributed by atoms with E-state index in [2.05, 4.69) is 10.6 Å². The van der Waals surface area contributed by atoms with Crippen LogP contribution in [0.3, 0.4) is 0 Å². The minimum Gasteiger partial charge on any atom is -0.444 e. The Kier molecular flexibility index (Phi) is 6.75. The van der Waals surface area contributed by atoms with Gasteiger partial charge in [0.1, 0.15) is 5.60 Å². The molecule has 3 amide bonds. The lowest BCUT2D eigenvalue weighted by Gasteiger charge is -2.19. The molecule has 3 aromatic carbocycles. The van der Waals surface area contributed by atoms with Crippen LogP contribution in [0.2, 0.25) is 0 Å². The number of nitrogens with one attached hydrogen (secondary N) is 3. The van der Waals surface area contributed by atoms with Crippen molar-refractivity contribution in [1.29, 1.82) is 0 Å². The molecule has 0 aliphatic heterocycles. The molecule has 0 fully saturated rings. The van der Waals surface area contributed by atoms with E-state index in [9.17, 15) is 14.4 Å². The van der Waals surface area contributed by atoms with Crippen LogP contribution in [-0.4, -0.2) is 28.7 Å². The highest BCUT2D eigenvalue weighted by molar-refractivity contribution is 5.99. The summed E-state index contributed by atoms with van der Waals surface area (Å²) in [5, 5.41) is 15.9. The zero-order valence-corrected chi connectivity index (χ0v) is 18.1. The smallest absolute Gasteiger partial charge is 0.412 e. The van der Waals surface area contributed by atoms with Gasteiger partial charge in [-0.25, -0.2) is 10.3 Å². The fraction of sp³-hybridized carbons (Fsp3) is 0.208. The predicted octanol–water partition coefficient (Wildman–Crippen LogP) is 4.24. The number of amides is 3. The Morgan fingerprint density at radius 1 is 0.844 bits per heavy atom. The van der Waals surface area contributed by atoms with Crippen LogP contribution in [0.15, 0.2) is 60.7 Å². The van der Waals surface area contributed by atoms with Crippen molar-refractivity contribution in [3.63, 3.8) is 0 Å². The summed E-state index contributed by atoms with van der Waals surface area (Å²) >= 11 is 0. The average molecular weight is 435 g/mol. The Hall–Kier alpha value is -3.91. The highest BCUT2D eigenvalue weighted by atomic mass is 16.6. The summed E-state index contributed by atoms with van der Waals surface area (Å²) < 4.78 is 5.26. The number of carbonyl (C=O) groups is 3. The number of hydrogen-bond acceptors (Lipinski definition) is 5. The van der Waals surface area contributed by atoms with Crippen molar-refractivity contribution < 1.29 is 24.3 Å². The molecule has 3 aromatic rings. The van der Waals surface area contributed by atoms with Gasteiger partial charge in [-0.05, 0) is 73.5 Å². The maximum Gasteiger partial charge on any atom is 0.412 e. The van der Waals surface area contributed by atoms with Gasteiger partial charge in [-0.15, -0.1) is 0 Å². The molecule has 4 N–H and O–H groups in total. The molecule has 0 saturated heterocycles. The quantitative estimate of drug-likeness (QED) is 0.353. The fourth-order valence-corrected chi connectivity index (χ4v) is 3.01. The van der Waals surface area contributed by atoms with Gasteiger partial charge in [0, 0.05) is 23.4 Å². The Morgan fingerprint density at radius 2 is 1.47 bits per heavy atom.